The molecule has 5 heteroatoms. The van der Waals surface area contributed by atoms with E-state index >= 15 is 0 Å². The number of amides is 1. The SMILES string of the molecule is CSc1ccccc1NC(=O)[C@@H](C)Oc1ccc(F)cc1. The normalized spacial score (nSPS) is 11.8. The summed E-state index contributed by atoms with van der Waals surface area (Å²) in [6, 6.07) is 13.1. The zero-order valence-corrected chi connectivity index (χ0v) is 12.6. The van der Waals surface area contributed by atoms with Crippen molar-refractivity contribution >= 4 is 23.4 Å². The Bertz CT molecular complexity index is 616. The summed E-state index contributed by atoms with van der Waals surface area (Å²) in [4.78, 5) is 13.1. The zero-order valence-electron chi connectivity index (χ0n) is 11.8. The molecule has 0 unspecified atom stereocenters. The number of carbonyl (C=O) groups is 1. The summed E-state index contributed by atoms with van der Waals surface area (Å²) in [6.07, 6.45) is 1.27. The second-order valence-electron chi connectivity index (χ2n) is 4.40. The molecule has 0 aliphatic heterocycles. The van der Waals surface area contributed by atoms with Crippen LogP contribution in [-0.4, -0.2) is 18.3 Å². The molecule has 2 rings (SSSR count). The van der Waals surface area contributed by atoms with Gasteiger partial charge < -0.3 is 10.1 Å². The largest absolute Gasteiger partial charge is 0.481 e. The van der Waals surface area contributed by atoms with E-state index < -0.39 is 6.10 Å². The molecule has 3 nitrogen and oxygen atoms in total. The molecule has 21 heavy (non-hydrogen) atoms. The van der Waals surface area contributed by atoms with E-state index in [0.29, 0.717) is 5.75 Å². The minimum absolute atomic E-state index is 0.249. The molecule has 0 saturated heterocycles. The second-order valence-corrected chi connectivity index (χ2v) is 5.25. The van der Waals surface area contributed by atoms with Crippen LogP contribution >= 0.6 is 11.8 Å². The quantitative estimate of drug-likeness (QED) is 0.850. The fourth-order valence-corrected chi connectivity index (χ4v) is 2.31. The molecule has 0 heterocycles. The van der Waals surface area contributed by atoms with Gasteiger partial charge in [0.2, 0.25) is 0 Å². The second kappa shape index (κ2) is 7.13. The van der Waals surface area contributed by atoms with Gasteiger partial charge in [-0.3, -0.25) is 4.79 Å². The molecule has 0 aliphatic carbocycles. The van der Waals surface area contributed by atoms with Crippen molar-refractivity contribution in [1.29, 1.82) is 0 Å². The molecule has 2 aromatic rings. The Morgan fingerprint density at radius 1 is 1.19 bits per heavy atom. The van der Waals surface area contributed by atoms with Crippen LogP contribution in [0.2, 0.25) is 0 Å². The van der Waals surface area contributed by atoms with Crippen molar-refractivity contribution in [3.63, 3.8) is 0 Å². The van der Waals surface area contributed by atoms with Crippen LogP contribution in [0.15, 0.2) is 53.4 Å². The van der Waals surface area contributed by atoms with E-state index in [2.05, 4.69) is 5.32 Å². The number of anilines is 1. The molecule has 0 saturated carbocycles. The van der Waals surface area contributed by atoms with Crippen molar-refractivity contribution in [2.75, 3.05) is 11.6 Å². The van der Waals surface area contributed by atoms with Gasteiger partial charge in [-0.25, -0.2) is 4.39 Å². The molecule has 110 valence electrons. The van der Waals surface area contributed by atoms with Gasteiger partial charge in [-0.05, 0) is 49.6 Å². The standard InChI is InChI=1S/C16H16FNO2S/c1-11(20-13-9-7-12(17)8-10-13)16(19)18-14-5-3-4-6-15(14)21-2/h3-11H,1-2H3,(H,18,19)/t11-/m1/s1. The Morgan fingerprint density at radius 3 is 2.52 bits per heavy atom. The Hall–Kier alpha value is -2.01. The Kier molecular flexibility index (Phi) is 5.22. The molecule has 2 aromatic carbocycles. The molecule has 1 atom stereocenters. The predicted molar refractivity (Wildman–Crippen MR) is 83.3 cm³/mol. The summed E-state index contributed by atoms with van der Waals surface area (Å²) in [5, 5.41) is 2.83. The third-order valence-corrected chi connectivity index (χ3v) is 3.66. The highest BCUT2D eigenvalue weighted by atomic mass is 32.2. The molecular weight excluding hydrogens is 289 g/mol. The number of para-hydroxylation sites is 1. The molecule has 0 fully saturated rings. The number of ether oxygens (including phenoxy) is 1. The minimum atomic E-state index is -0.676. The summed E-state index contributed by atoms with van der Waals surface area (Å²) >= 11 is 1.56. The van der Waals surface area contributed by atoms with Crippen LogP contribution in [0.3, 0.4) is 0 Å². The summed E-state index contributed by atoms with van der Waals surface area (Å²) in [7, 11) is 0. The fraction of sp³-hybridized carbons (Fsp3) is 0.188. The first-order valence-corrected chi connectivity index (χ1v) is 7.68. The third kappa shape index (κ3) is 4.23. The van der Waals surface area contributed by atoms with Gasteiger partial charge in [0, 0.05) is 4.90 Å². The number of halogens is 1. The highest BCUT2D eigenvalue weighted by Gasteiger charge is 2.16. The highest BCUT2D eigenvalue weighted by molar-refractivity contribution is 7.98. The third-order valence-electron chi connectivity index (χ3n) is 2.86. The van der Waals surface area contributed by atoms with E-state index in [9.17, 15) is 9.18 Å². The van der Waals surface area contributed by atoms with Crippen LogP contribution in [0.4, 0.5) is 10.1 Å². The van der Waals surface area contributed by atoms with E-state index in [1.807, 2.05) is 30.5 Å². The average molecular weight is 305 g/mol. The number of hydrogen-bond acceptors (Lipinski definition) is 3. The van der Waals surface area contributed by atoms with E-state index in [1.54, 1.807) is 18.7 Å². The average Bonchev–Trinajstić information content (AvgIpc) is 2.50. The fourth-order valence-electron chi connectivity index (χ4n) is 1.75. The Morgan fingerprint density at radius 2 is 1.86 bits per heavy atom. The smallest absolute Gasteiger partial charge is 0.265 e. The lowest BCUT2D eigenvalue weighted by atomic mass is 10.3. The minimum Gasteiger partial charge on any atom is -0.481 e. The molecule has 0 spiro atoms. The molecule has 1 amide bonds. The summed E-state index contributed by atoms with van der Waals surface area (Å²) in [5.74, 6) is -0.133. The van der Waals surface area contributed by atoms with Crippen molar-refractivity contribution < 1.29 is 13.9 Å². The maximum Gasteiger partial charge on any atom is 0.265 e. The summed E-state index contributed by atoms with van der Waals surface area (Å²) in [5.41, 5.74) is 0.754. The van der Waals surface area contributed by atoms with Gasteiger partial charge in [-0.1, -0.05) is 12.1 Å². The van der Waals surface area contributed by atoms with Gasteiger partial charge in [0.15, 0.2) is 6.10 Å². The molecule has 0 radical (unpaired) electrons. The first-order chi connectivity index (χ1) is 10.1. The first-order valence-electron chi connectivity index (χ1n) is 6.46. The van der Waals surface area contributed by atoms with Crippen LogP contribution in [0, 0.1) is 5.82 Å². The van der Waals surface area contributed by atoms with Crippen molar-refractivity contribution in [3.8, 4) is 5.75 Å². The number of benzene rings is 2. The Balaban J connectivity index is 2.01. The van der Waals surface area contributed by atoms with Crippen molar-refractivity contribution in [2.24, 2.45) is 0 Å². The number of carbonyl (C=O) groups excluding carboxylic acids is 1. The van der Waals surface area contributed by atoms with Crippen LogP contribution in [0.1, 0.15) is 6.92 Å². The topological polar surface area (TPSA) is 38.3 Å². The Labute approximate surface area is 127 Å². The van der Waals surface area contributed by atoms with E-state index in [0.717, 1.165) is 10.6 Å². The molecular formula is C16H16FNO2S. The molecule has 0 bridgehead atoms. The number of hydrogen-bond donors (Lipinski definition) is 1. The predicted octanol–water partition coefficient (Wildman–Crippen LogP) is 3.95. The summed E-state index contributed by atoms with van der Waals surface area (Å²) < 4.78 is 18.3. The zero-order chi connectivity index (χ0) is 15.2. The lowest BCUT2D eigenvalue weighted by Gasteiger charge is -2.16. The number of rotatable bonds is 5. The van der Waals surface area contributed by atoms with E-state index in [1.165, 1.54) is 24.3 Å². The van der Waals surface area contributed by atoms with E-state index in [-0.39, 0.29) is 11.7 Å². The van der Waals surface area contributed by atoms with Crippen molar-refractivity contribution in [1.82, 2.24) is 0 Å². The lowest BCUT2D eigenvalue weighted by molar-refractivity contribution is -0.122. The monoisotopic (exact) mass is 305 g/mol. The van der Waals surface area contributed by atoms with Gasteiger partial charge in [0.05, 0.1) is 5.69 Å². The van der Waals surface area contributed by atoms with Crippen molar-refractivity contribution in [3.05, 3.63) is 54.3 Å². The lowest BCUT2D eigenvalue weighted by Crippen LogP contribution is -2.30. The molecule has 1 N–H and O–H groups in total. The van der Waals surface area contributed by atoms with Gasteiger partial charge in [-0.15, -0.1) is 11.8 Å². The molecule has 0 aliphatic rings. The van der Waals surface area contributed by atoms with Crippen LogP contribution in [0.25, 0.3) is 0 Å². The number of thioether (sulfide) groups is 1. The van der Waals surface area contributed by atoms with Gasteiger partial charge in [0.25, 0.3) is 5.91 Å². The van der Waals surface area contributed by atoms with Crippen molar-refractivity contribution in [2.45, 2.75) is 17.9 Å². The van der Waals surface area contributed by atoms with Gasteiger partial charge >= 0.3 is 0 Å². The van der Waals surface area contributed by atoms with E-state index in [4.69, 9.17) is 4.74 Å². The maximum atomic E-state index is 12.8. The first kappa shape index (κ1) is 15.4. The van der Waals surface area contributed by atoms with Crippen LogP contribution in [-0.2, 0) is 4.79 Å². The van der Waals surface area contributed by atoms with Crippen LogP contribution in [0.5, 0.6) is 5.75 Å². The maximum absolute atomic E-state index is 12.8. The number of nitrogens with one attached hydrogen (secondary N) is 1. The summed E-state index contributed by atoms with van der Waals surface area (Å²) in [6.45, 7) is 1.65. The highest BCUT2D eigenvalue weighted by Crippen LogP contribution is 2.25. The van der Waals surface area contributed by atoms with Crippen LogP contribution < -0.4 is 10.1 Å². The van der Waals surface area contributed by atoms with Gasteiger partial charge in [-0.2, -0.15) is 0 Å². The van der Waals surface area contributed by atoms with Gasteiger partial charge in [0.1, 0.15) is 11.6 Å². The molecule has 0 aromatic heterocycles.